The standard InChI is InChI=1S/C23H30N2O2S/c1-18(22(27)24-23(2,3)4)25(15-19-11-7-5-8-12-19)21(26)17-28-16-20-13-9-6-10-14-20/h5-14,18H,15-17H2,1-4H3,(H,24,27). The normalized spacial score (nSPS) is 12.3. The minimum absolute atomic E-state index is 0.0265. The van der Waals surface area contributed by atoms with Crippen LogP contribution in [0.25, 0.3) is 0 Å². The molecule has 28 heavy (non-hydrogen) atoms. The molecule has 2 aromatic rings. The largest absolute Gasteiger partial charge is 0.350 e. The van der Waals surface area contributed by atoms with Gasteiger partial charge in [0.25, 0.3) is 0 Å². The molecule has 0 fully saturated rings. The van der Waals surface area contributed by atoms with Crippen LogP contribution in [0, 0.1) is 0 Å². The van der Waals surface area contributed by atoms with Crippen molar-refractivity contribution in [3.05, 3.63) is 71.8 Å². The Hall–Kier alpha value is -2.27. The van der Waals surface area contributed by atoms with Gasteiger partial charge in [0.15, 0.2) is 0 Å². The Morgan fingerprint density at radius 3 is 2.04 bits per heavy atom. The number of rotatable bonds is 8. The van der Waals surface area contributed by atoms with Gasteiger partial charge in [0, 0.05) is 17.8 Å². The maximum atomic E-state index is 13.0. The predicted octanol–water partition coefficient (Wildman–Crippen LogP) is 4.25. The number of benzene rings is 2. The monoisotopic (exact) mass is 398 g/mol. The first kappa shape index (κ1) is 22.0. The third kappa shape index (κ3) is 7.39. The fraction of sp³-hybridized carbons (Fsp3) is 0.391. The van der Waals surface area contributed by atoms with E-state index in [9.17, 15) is 9.59 Å². The summed E-state index contributed by atoms with van der Waals surface area (Å²) in [5.41, 5.74) is 1.86. The van der Waals surface area contributed by atoms with Crippen LogP contribution in [0.2, 0.25) is 0 Å². The van der Waals surface area contributed by atoms with Crippen molar-refractivity contribution in [1.82, 2.24) is 10.2 Å². The van der Waals surface area contributed by atoms with Crippen LogP contribution in [0.3, 0.4) is 0 Å². The van der Waals surface area contributed by atoms with Gasteiger partial charge in [-0.3, -0.25) is 9.59 Å². The Kier molecular flexibility index (Phi) is 8.12. The zero-order valence-corrected chi connectivity index (χ0v) is 18.0. The fourth-order valence-corrected chi connectivity index (χ4v) is 3.62. The first-order valence-electron chi connectivity index (χ1n) is 9.53. The SMILES string of the molecule is CC(C(=O)NC(C)(C)C)N(Cc1ccccc1)C(=O)CSCc1ccccc1. The Morgan fingerprint density at radius 2 is 1.50 bits per heavy atom. The van der Waals surface area contributed by atoms with E-state index in [0.717, 1.165) is 11.3 Å². The van der Waals surface area contributed by atoms with Gasteiger partial charge in [0.2, 0.25) is 11.8 Å². The molecule has 0 heterocycles. The Morgan fingerprint density at radius 1 is 0.964 bits per heavy atom. The van der Waals surface area contributed by atoms with Gasteiger partial charge in [0.05, 0.1) is 5.75 Å². The number of hydrogen-bond acceptors (Lipinski definition) is 3. The van der Waals surface area contributed by atoms with Gasteiger partial charge >= 0.3 is 0 Å². The van der Waals surface area contributed by atoms with E-state index < -0.39 is 6.04 Å². The van der Waals surface area contributed by atoms with E-state index in [0.29, 0.717) is 12.3 Å². The molecule has 0 saturated heterocycles. The lowest BCUT2D eigenvalue weighted by atomic mass is 10.1. The maximum absolute atomic E-state index is 13.0. The van der Waals surface area contributed by atoms with Gasteiger partial charge in [-0.2, -0.15) is 0 Å². The summed E-state index contributed by atoms with van der Waals surface area (Å²) in [4.78, 5) is 27.3. The molecule has 5 heteroatoms. The Balaban J connectivity index is 2.05. The van der Waals surface area contributed by atoms with E-state index in [1.807, 2.05) is 69.3 Å². The molecule has 1 N–H and O–H groups in total. The van der Waals surface area contributed by atoms with Crippen molar-refractivity contribution in [2.45, 2.75) is 51.6 Å². The number of nitrogens with zero attached hydrogens (tertiary/aromatic N) is 1. The molecular weight excluding hydrogens is 368 g/mol. The van der Waals surface area contributed by atoms with E-state index >= 15 is 0 Å². The second kappa shape index (κ2) is 10.3. The molecular formula is C23H30N2O2S. The van der Waals surface area contributed by atoms with Crippen LogP contribution in [0.1, 0.15) is 38.8 Å². The smallest absolute Gasteiger partial charge is 0.242 e. The van der Waals surface area contributed by atoms with Crippen LogP contribution in [0.4, 0.5) is 0 Å². The van der Waals surface area contributed by atoms with Crippen LogP contribution >= 0.6 is 11.8 Å². The molecule has 0 aliphatic rings. The number of nitrogens with one attached hydrogen (secondary N) is 1. The van der Waals surface area contributed by atoms with Crippen molar-refractivity contribution in [1.29, 1.82) is 0 Å². The van der Waals surface area contributed by atoms with E-state index in [1.54, 1.807) is 23.6 Å². The second-order valence-electron chi connectivity index (χ2n) is 7.90. The predicted molar refractivity (Wildman–Crippen MR) is 117 cm³/mol. The summed E-state index contributed by atoms with van der Waals surface area (Å²) in [6, 6.07) is 19.3. The molecule has 0 bridgehead atoms. The second-order valence-corrected chi connectivity index (χ2v) is 8.89. The lowest BCUT2D eigenvalue weighted by Gasteiger charge is -2.31. The molecule has 0 aliphatic carbocycles. The first-order chi connectivity index (χ1) is 13.3. The van der Waals surface area contributed by atoms with Gasteiger partial charge in [0.1, 0.15) is 6.04 Å². The number of thioether (sulfide) groups is 1. The maximum Gasteiger partial charge on any atom is 0.242 e. The zero-order chi connectivity index (χ0) is 20.6. The van der Waals surface area contributed by atoms with Gasteiger partial charge in [-0.1, -0.05) is 60.7 Å². The van der Waals surface area contributed by atoms with Crippen molar-refractivity contribution in [2.75, 3.05) is 5.75 Å². The molecule has 2 aromatic carbocycles. The van der Waals surface area contributed by atoms with Crippen LogP contribution in [-0.2, 0) is 21.9 Å². The third-order valence-electron chi connectivity index (χ3n) is 4.20. The zero-order valence-electron chi connectivity index (χ0n) is 17.1. The van der Waals surface area contributed by atoms with Gasteiger partial charge in [-0.05, 0) is 38.8 Å². The highest BCUT2D eigenvalue weighted by atomic mass is 32.2. The molecule has 2 amide bonds. The quantitative estimate of drug-likeness (QED) is 0.723. The summed E-state index contributed by atoms with van der Waals surface area (Å²) >= 11 is 1.57. The van der Waals surface area contributed by atoms with E-state index in [1.165, 1.54) is 5.56 Å². The highest BCUT2D eigenvalue weighted by molar-refractivity contribution is 7.99. The lowest BCUT2D eigenvalue weighted by molar-refractivity contribution is -0.139. The fourth-order valence-electron chi connectivity index (χ4n) is 2.75. The highest BCUT2D eigenvalue weighted by Gasteiger charge is 2.28. The van der Waals surface area contributed by atoms with Crippen molar-refractivity contribution in [2.24, 2.45) is 0 Å². The van der Waals surface area contributed by atoms with Crippen molar-refractivity contribution < 1.29 is 9.59 Å². The molecule has 150 valence electrons. The van der Waals surface area contributed by atoms with Crippen LogP contribution in [-0.4, -0.2) is 34.0 Å². The number of hydrogen-bond donors (Lipinski definition) is 1. The number of carbonyl (C=O) groups excluding carboxylic acids is 2. The minimum atomic E-state index is -0.538. The first-order valence-corrected chi connectivity index (χ1v) is 10.7. The van der Waals surface area contributed by atoms with Gasteiger partial charge in [-0.25, -0.2) is 0 Å². The molecule has 1 unspecified atom stereocenters. The highest BCUT2D eigenvalue weighted by Crippen LogP contribution is 2.16. The van der Waals surface area contributed by atoms with E-state index in [4.69, 9.17) is 0 Å². The summed E-state index contributed by atoms with van der Waals surface area (Å²) in [6.45, 7) is 8.04. The molecule has 2 rings (SSSR count). The summed E-state index contributed by atoms with van der Waals surface area (Å²) in [7, 11) is 0. The van der Waals surface area contributed by atoms with Gasteiger partial charge < -0.3 is 10.2 Å². The lowest BCUT2D eigenvalue weighted by Crippen LogP contribution is -2.52. The molecule has 0 radical (unpaired) electrons. The molecule has 0 saturated carbocycles. The van der Waals surface area contributed by atoms with Crippen LogP contribution in [0.5, 0.6) is 0 Å². The van der Waals surface area contributed by atoms with Crippen LogP contribution < -0.4 is 5.32 Å². The Labute approximate surface area is 172 Å². The average molecular weight is 399 g/mol. The molecule has 0 aliphatic heterocycles. The molecule has 4 nitrogen and oxygen atoms in total. The molecule has 0 spiro atoms. The van der Waals surface area contributed by atoms with Crippen molar-refractivity contribution >= 4 is 23.6 Å². The number of amides is 2. The third-order valence-corrected chi connectivity index (χ3v) is 5.19. The number of carbonyl (C=O) groups is 2. The van der Waals surface area contributed by atoms with E-state index in [-0.39, 0.29) is 17.4 Å². The molecule has 0 aromatic heterocycles. The topological polar surface area (TPSA) is 49.4 Å². The summed E-state index contributed by atoms with van der Waals surface area (Å²) in [5, 5.41) is 2.98. The van der Waals surface area contributed by atoms with Crippen molar-refractivity contribution in [3.63, 3.8) is 0 Å². The minimum Gasteiger partial charge on any atom is -0.350 e. The average Bonchev–Trinajstić information content (AvgIpc) is 2.66. The Bertz CT molecular complexity index is 757. The van der Waals surface area contributed by atoms with E-state index in [2.05, 4.69) is 17.4 Å². The summed E-state index contributed by atoms with van der Waals surface area (Å²) in [5.74, 6) is 0.953. The van der Waals surface area contributed by atoms with Gasteiger partial charge in [-0.15, -0.1) is 11.8 Å². The summed E-state index contributed by atoms with van der Waals surface area (Å²) < 4.78 is 0. The molecule has 1 atom stereocenters. The van der Waals surface area contributed by atoms with Crippen molar-refractivity contribution in [3.8, 4) is 0 Å². The van der Waals surface area contributed by atoms with Crippen LogP contribution in [0.15, 0.2) is 60.7 Å². The summed E-state index contributed by atoms with van der Waals surface area (Å²) in [6.07, 6.45) is 0.